The van der Waals surface area contributed by atoms with E-state index in [2.05, 4.69) is 58.8 Å². The van der Waals surface area contributed by atoms with Crippen LogP contribution in [0.15, 0.2) is 24.3 Å². The molecule has 0 saturated heterocycles. The number of anilines is 1. The number of rotatable bonds is 3. The molecule has 1 aromatic rings. The number of halogens is 3. The third kappa shape index (κ3) is 6.06. The van der Waals surface area contributed by atoms with E-state index in [0.717, 1.165) is 12.5 Å². The Morgan fingerprint density at radius 2 is 1.63 bits per heavy atom. The average molecular weight is 417 g/mol. The number of nitrogens with two attached hydrogens (primary N) is 1. The van der Waals surface area contributed by atoms with Crippen molar-refractivity contribution >= 4 is 53.1 Å². The van der Waals surface area contributed by atoms with Crippen molar-refractivity contribution in [2.24, 2.45) is 11.7 Å². The van der Waals surface area contributed by atoms with Crippen molar-refractivity contribution in [3.63, 3.8) is 0 Å². The molecule has 1 fully saturated rings. The quantitative estimate of drug-likeness (QED) is 0.752. The zero-order valence-corrected chi connectivity index (χ0v) is 15.0. The molecule has 1 aliphatic carbocycles. The molecule has 1 aliphatic rings. The van der Waals surface area contributed by atoms with E-state index in [-0.39, 0.29) is 24.8 Å². The maximum atomic E-state index is 5.94. The smallest absolute Gasteiger partial charge is 0.0364 e. The zero-order valence-electron chi connectivity index (χ0n) is 11.2. The Morgan fingerprint density at radius 1 is 1.11 bits per heavy atom. The van der Waals surface area contributed by atoms with Crippen LogP contribution in [0.1, 0.15) is 25.7 Å². The van der Waals surface area contributed by atoms with Gasteiger partial charge in [0.1, 0.15) is 0 Å². The van der Waals surface area contributed by atoms with Crippen LogP contribution >= 0.6 is 47.4 Å². The fraction of sp³-hybridized carbons (Fsp3) is 0.571. The van der Waals surface area contributed by atoms with Crippen molar-refractivity contribution in [1.29, 1.82) is 0 Å². The normalized spacial score (nSPS) is 22.1. The standard InChI is InChI=1S/C14H21IN2.2ClH/c1-17(14-8-4-12(15)5-9-14)10-11-2-6-13(16)7-3-11;;/h4-5,8-9,11,13H,2-3,6-7,10,16H2,1H3;2*1H. The first-order valence-electron chi connectivity index (χ1n) is 6.37. The molecule has 0 unspecified atom stereocenters. The fourth-order valence-electron chi connectivity index (χ4n) is 2.56. The molecule has 1 saturated carbocycles. The van der Waals surface area contributed by atoms with Crippen LogP contribution < -0.4 is 10.6 Å². The summed E-state index contributed by atoms with van der Waals surface area (Å²) in [6.45, 7) is 1.16. The minimum absolute atomic E-state index is 0. The maximum Gasteiger partial charge on any atom is 0.0364 e. The first kappa shape index (κ1) is 19.3. The van der Waals surface area contributed by atoms with E-state index in [1.807, 2.05) is 0 Å². The van der Waals surface area contributed by atoms with Crippen LogP contribution in [0.25, 0.3) is 0 Å². The zero-order chi connectivity index (χ0) is 12.3. The average Bonchev–Trinajstić information content (AvgIpc) is 2.33. The highest BCUT2D eigenvalue weighted by molar-refractivity contribution is 14.1. The van der Waals surface area contributed by atoms with Gasteiger partial charge in [0.2, 0.25) is 0 Å². The van der Waals surface area contributed by atoms with Crippen LogP contribution in [0.2, 0.25) is 0 Å². The monoisotopic (exact) mass is 416 g/mol. The van der Waals surface area contributed by atoms with Gasteiger partial charge in [-0.2, -0.15) is 0 Å². The fourth-order valence-corrected chi connectivity index (χ4v) is 2.92. The molecule has 2 N–H and O–H groups in total. The topological polar surface area (TPSA) is 29.3 Å². The first-order valence-corrected chi connectivity index (χ1v) is 7.45. The van der Waals surface area contributed by atoms with Crippen LogP contribution in [0, 0.1) is 9.49 Å². The SMILES string of the molecule is CN(CC1CCC(N)CC1)c1ccc(I)cc1.Cl.Cl. The summed E-state index contributed by atoms with van der Waals surface area (Å²) < 4.78 is 1.29. The molecular weight excluding hydrogens is 394 g/mol. The van der Waals surface area contributed by atoms with Crippen molar-refractivity contribution in [2.45, 2.75) is 31.7 Å². The lowest BCUT2D eigenvalue weighted by Crippen LogP contribution is -2.32. The molecule has 110 valence electrons. The van der Waals surface area contributed by atoms with Gasteiger partial charge in [0.15, 0.2) is 0 Å². The molecule has 0 aromatic heterocycles. The Kier molecular flexibility index (Phi) is 9.41. The number of hydrogen-bond acceptors (Lipinski definition) is 2. The highest BCUT2D eigenvalue weighted by atomic mass is 127. The third-order valence-electron chi connectivity index (χ3n) is 3.69. The molecule has 0 atom stereocenters. The lowest BCUT2D eigenvalue weighted by molar-refractivity contribution is 0.330. The van der Waals surface area contributed by atoms with Crippen LogP contribution in [0.5, 0.6) is 0 Å². The molecule has 0 bridgehead atoms. The minimum Gasteiger partial charge on any atom is -0.374 e. The van der Waals surface area contributed by atoms with E-state index in [1.54, 1.807) is 0 Å². The third-order valence-corrected chi connectivity index (χ3v) is 4.41. The largest absolute Gasteiger partial charge is 0.374 e. The van der Waals surface area contributed by atoms with E-state index in [0.29, 0.717) is 6.04 Å². The van der Waals surface area contributed by atoms with Gasteiger partial charge in [-0.05, 0) is 78.5 Å². The van der Waals surface area contributed by atoms with Gasteiger partial charge in [-0.3, -0.25) is 0 Å². The van der Waals surface area contributed by atoms with Crippen LogP contribution in [0.3, 0.4) is 0 Å². The summed E-state index contributed by atoms with van der Waals surface area (Å²) in [4.78, 5) is 2.37. The molecule has 1 aromatic carbocycles. The molecule has 5 heteroatoms. The highest BCUT2D eigenvalue weighted by Gasteiger charge is 2.19. The van der Waals surface area contributed by atoms with Crippen LogP contribution in [0.4, 0.5) is 5.69 Å². The van der Waals surface area contributed by atoms with Crippen molar-refractivity contribution in [3.05, 3.63) is 27.8 Å². The molecule has 19 heavy (non-hydrogen) atoms. The molecule has 0 radical (unpaired) electrons. The van der Waals surface area contributed by atoms with Crippen molar-refractivity contribution in [2.75, 3.05) is 18.5 Å². The van der Waals surface area contributed by atoms with Gasteiger partial charge in [0.25, 0.3) is 0 Å². The highest BCUT2D eigenvalue weighted by Crippen LogP contribution is 2.25. The molecule has 0 aliphatic heterocycles. The molecule has 0 spiro atoms. The second-order valence-corrected chi connectivity index (χ2v) is 6.38. The summed E-state index contributed by atoms with van der Waals surface area (Å²) >= 11 is 2.35. The molecule has 0 heterocycles. The minimum atomic E-state index is 0. The van der Waals surface area contributed by atoms with Gasteiger partial charge in [-0.1, -0.05) is 0 Å². The Bertz CT molecular complexity index is 351. The maximum absolute atomic E-state index is 5.94. The summed E-state index contributed by atoms with van der Waals surface area (Å²) in [7, 11) is 2.19. The van der Waals surface area contributed by atoms with Gasteiger partial charge in [0.05, 0.1) is 0 Å². The summed E-state index contributed by atoms with van der Waals surface area (Å²) in [6.07, 6.45) is 4.97. The van der Waals surface area contributed by atoms with Gasteiger partial charge in [-0.15, -0.1) is 24.8 Å². The van der Waals surface area contributed by atoms with Gasteiger partial charge in [0, 0.05) is 28.9 Å². The lowest BCUT2D eigenvalue weighted by atomic mass is 9.86. The van der Waals surface area contributed by atoms with Crippen LogP contribution in [-0.2, 0) is 0 Å². The summed E-state index contributed by atoms with van der Waals surface area (Å²) in [5, 5.41) is 0. The van der Waals surface area contributed by atoms with Crippen molar-refractivity contribution in [1.82, 2.24) is 0 Å². The van der Waals surface area contributed by atoms with Crippen LogP contribution in [-0.4, -0.2) is 19.6 Å². The second kappa shape index (κ2) is 9.27. The lowest BCUT2D eigenvalue weighted by Gasteiger charge is -2.30. The molecule has 0 amide bonds. The Labute approximate surface area is 142 Å². The summed E-state index contributed by atoms with van der Waals surface area (Å²) in [5.74, 6) is 0.819. The van der Waals surface area contributed by atoms with Crippen molar-refractivity contribution in [3.8, 4) is 0 Å². The van der Waals surface area contributed by atoms with Gasteiger partial charge >= 0.3 is 0 Å². The van der Waals surface area contributed by atoms with E-state index in [4.69, 9.17) is 5.73 Å². The Balaban J connectivity index is 0.00000162. The second-order valence-electron chi connectivity index (χ2n) is 5.14. The summed E-state index contributed by atoms with van der Waals surface area (Å²) in [5.41, 5.74) is 7.26. The Morgan fingerprint density at radius 3 is 2.16 bits per heavy atom. The predicted octanol–water partition coefficient (Wildman–Crippen LogP) is 4.09. The van der Waals surface area contributed by atoms with Crippen molar-refractivity contribution < 1.29 is 0 Å². The Hall–Kier alpha value is 0.290. The van der Waals surface area contributed by atoms with E-state index >= 15 is 0 Å². The molecular formula is C14H23Cl2IN2. The van der Waals surface area contributed by atoms with E-state index in [9.17, 15) is 0 Å². The summed E-state index contributed by atoms with van der Waals surface area (Å²) in [6, 6.07) is 9.20. The molecule has 2 rings (SSSR count). The number of benzene rings is 1. The van der Waals surface area contributed by atoms with E-state index < -0.39 is 0 Å². The predicted molar refractivity (Wildman–Crippen MR) is 96.9 cm³/mol. The van der Waals surface area contributed by atoms with Gasteiger partial charge < -0.3 is 10.6 Å². The number of nitrogens with zero attached hydrogens (tertiary/aromatic N) is 1. The van der Waals surface area contributed by atoms with E-state index in [1.165, 1.54) is 34.9 Å². The first-order chi connectivity index (χ1) is 8.15. The van der Waals surface area contributed by atoms with Gasteiger partial charge in [-0.25, -0.2) is 0 Å². The number of hydrogen-bond donors (Lipinski definition) is 1. The molecule has 2 nitrogen and oxygen atoms in total.